The standard InChI is InChI=1S/C29H33N5O3/c1-6-29(4,5)30-28(37)27(21-14-16-22(35)17-15-21)34(24-13-9-10-19(2)20(24)3)26(36)18-33-25-12-8-7-11-23(25)31-32-33/h7-17,27,35H,6,18H2,1-5H3,(H,30,37)/t27-/m1/s1. The molecular formula is C29H33N5O3. The van der Waals surface area contributed by atoms with Gasteiger partial charge in [-0.1, -0.05) is 48.5 Å². The molecule has 0 bridgehead atoms. The summed E-state index contributed by atoms with van der Waals surface area (Å²) >= 11 is 0. The molecule has 1 heterocycles. The van der Waals surface area contributed by atoms with Crippen LogP contribution in [0.2, 0.25) is 0 Å². The minimum atomic E-state index is -0.978. The van der Waals surface area contributed by atoms with Gasteiger partial charge in [0.25, 0.3) is 0 Å². The highest BCUT2D eigenvalue weighted by Gasteiger charge is 2.36. The molecule has 0 saturated heterocycles. The van der Waals surface area contributed by atoms with Gasteiger partial charge in [0.2, 0.25) is 11.8 Å². The van der Waals surface area contributed by atoms with E-state index in [2.05, 4.69) is 15.6 Å². The molecule has 0 aliphatic heterocycles. The first-order chi connectivity index (χ1) is 17.6. The van der Waals surface area contributed by atoms with Crippen molar-refractivity contribution in [3.8, 4) is 5.75 Å². The molecule has 2 amide bonds. The molecule has 0 aliphatic rings. The van der Waals surface area contributed by atoms with Crippen LogP contribution in [0.25, 0.3) is 11.0 Å². The van der Waals surface area contributed by atoms with E-state index in [1.165, 1.54) is 12.1 Å². The summed E-state index contributed by atoms with van der Waals surface area (Å²) in [6.07, 6.45) is 0.712. The van der Waals surface area contributed by atoms with Crippen LogP contribution in [0.4, 0.5) is 5.69 Å². The predicted molar refractivity (Wildman–Crippen MR) is 144 cm³/mol. The van der Waals surface area contributed by atoms with Crippen molar-refractivity contribution < 1.29 is 14.7 Å². The number of carbonyl (C=O) groups excluding carboxylic acids is 2. The third-order valence-electron chi connectivity index (χ3n) is 6.87. The third-order valence-corrected chi connectivity index (χ3v) is 6.87. The maximum absolute atomic E-state index is 14.1. The Hall–Kier alpha value is -4.20. The monoisotopic (exact) mass is 499 g/mol. The quantitative estimate of drug-likeness (QED) is 0.362. The van der Waals surface area contributed by atoms with E-state index in [1.807, 2.05) is 77.1 Å². The molecule has 8 nitrogen and oxygen atoms in total. The maximum atomic E-state index is 14.1. The summed E-state index contributed by atoms with van der Waals surface area (Å²) in [5.74, 6) is -0.544. The van der Waals surface area contributed by atoms with Crippen molar-refractivity contribution in [1.29, 1.82) is 0 Å². The number of amides is 2. The van der Waals surface area contributed by atoms with Crippen LogP contribution in [-0.4, -0.2) is 37.5 Å². The summed E-state index contributed by atoms with van der Waals surface area (Å²) in [5.41, 5.74) is 4.05. The molecule has 0 unspecified atom stereocenters. The minimum absolute atomic E-state index is 0.0792. The van der Waals surface area contributed by atoms with Gasteiger partial charge in [-0.15, -0.1) is 5.10 Å². The van der Waals surface area contributed by atoms with Crippen molar-refractivity contribution >= 4 is 28.5 Å². The third kappa shape index (κ3) is 5.48. The number of phenolic OH excluding ortho intramolecular Hbond substituents is 1. The average molecular weight is 500 g/mol. The number of hydrogen-bond acceptors (Lipinski definition) is 5. The summed E-state index contributed by atoms with van der Waals surface area (Å²) in [6.45, 7) is 9.71. The number of carbonyl (C=O) groups is 2. The Morgan fingerprint density at radius 1 is 1.03 bits per heavy atom. The van der Waals surface area contributed by atoms with Gasteiger partial charge in [-0.25, -0.2) is 4.68 Å². The Kier molecular flexibility index (Phi) is 7.29. The first-order valence-corrected chi connectivity index (χ1v) is 12.4. The van der Waals surface area contributed by atoms with Gasteiger partial charge < -0.3 is 10.4 Å². The molecule has 2 N–H and O–H groups in total. The predicted octanol–water partition coefficient (Wildman–Crippen LogP) is 4.83. The number of aromatic nitrogens is 3. The van der Waals surface area contributed by atoms with Crippen molar-refractivity contribution in [1.82, 2.24) is 20.3 Å². The molecule has 3 aromatic carbocycles. The molecule has 4 rings (SSSR count). The van der Waals surface area contributed by atoms with Crippen LogP contribution in [0.5, 0.6) is 5.75 Å². The summed E-state index contributed by atoms with van der Waals surface area (Å²) in [5, 5.41) is 21.4. The second kappa shape index (κ2) is 10.4. The number of rotatable bonds is 8. The fraction of sp³-hybridized carbons (Fsp3) is 0.310. The van der Waals surface area contributed by atoms with Crippen LogP contribution >= 0.6 is 0 Å². The van der Waals surface area contributed by atoms with Gasteiger partial charge in [-0.3, -0.25) is 14.5 Å². The lowest BCUT2D eigenvalue weighted by Gasteiger charge is -2.35. The fourth-order valence-electron chi connectivity index (χ4n) is 4.22. The molecule has 1 aromatic heterocycles. The molecule has 37 heavy (non-hydrogen) atoms. The smallest absolute Gasteiger partial charge is 0.249 e. The lowest BCUT2D eigenvalue weighted by Crippen LogP contribution is -2.51. The molecule has 8 heteroatoms. The van der Waals surface area contributed by atoms with E-state index in [4.69, 9.17) is 0 Å². The lowest BCUT2D eigenvalue weighted by atomic mass is 9.97. The van der Waals surface area contributed by atoms with Gasteiger partial charge >= 0.3 is 0 Å². The second-order valence-corrected chi connectivity index (χ2v) is 9.94. The normalized spacial score (nSPS) is 12.4. The van der Waals surface area contributed by atoms with Crippen LogP contribution in [0, 0.1) is 13.8 Å². The zero-order valence-corrected chi connectivity index (χ0v) is 21.9. The number of para-hydroxylation sites is 1. The number of anilines is 1. The van der Waals surface area contributed by atoms with E-state index < -0.39 is 11.6 Å². The second-order valence-electron chi connectivity index (χ2n) is 9.94. The molecule has 0 spiro atoms. The molecular weight excluding hydrogens is 466 g/mol. The summed E-state index contributed by atoms with van der Waals surface area (Å²) in [6, 6.07) is 18.6. The van der Waals surface area contributed by atoms with E-state index >= 15 is 0 Å². The molecule has 192 valence electrons. The van der Waals surface area contributed by atoms with Gasteiger partial charge in [0.05, 0.1) is 5.52 Å². The number of hydrogen-bond donors (Lipinski definition) is 2. The highest BCUT2D eigenvalue weighted by Crippen LogP contribution is 2.33. The van der Waals surface area contributed by atoms with Crippen LogP contribution < -0.4 is 10.2 Å². The Morgan fingerprint density at radius 2 is 1.73 bits per heavy atom. The topological polar surface area (TPSA) is 100 Å². The fourth-order valence-corrected chi connectivity index (χ4v) is 4.22. The average Bonchev–Trinajstić information content (AvgIpc) is 3.27. The minimum Gasteiger partial charge on any atom is -0.508 e. The first kappa shape index (κ1) is 25.9. The Labute approximate surface area is 216 Å². The van der Waals surface area contributed by atoms with Gasteiger partial charge in [0.1, 0.15) is 23.9 Å². The summed E-state index contributed by atoms with van der Waals surface area (Å²) in [7, 11) is 0. The van der Waals surface area contributed by atoms with E-state index in [0.717, 1.165) is 16.6 Å². The number of nitrogens with one attached hydrogen (secondary N) is 1. The summed E-state index contributed by atoms with van der Waals surface area (Å²) in [4.78, 5) is 29.6. The van der Waals surface area contributed by atoms with Crippen molar-refractivity contribution in [2.75, 3.05) is 4.90 Å². The molecule has 0 aliphatic carbocycles. The Morgan fingerprint density at radius 3 is 2.43 bits per heavy atom. The number of nitrogens with zero attached hydrogens (tertiary/aromatic N) is 4. The molecule has 4 aromatic rings. The molecule has 0 fully saturated rings. The number of benzene rings is 3. The zero-order chi connectivity index (χ0) is 26.7. The van der Waals surface area contributed by atoms with Gasteiger partial charge in [-0.2, -0.15) is 0 Å². The van der Waals surface area contributed by atoms with Crippen LogP contribution in [0.15, 0.2) is 66.7 Å². The van der Waals surface area contributed by atoms with Crippen LogP contribution in [0.3, 0.4) is 0 Å². The van der Waals surface area contributed by atoms with E-state index in [1.54, 1.807) is 21.7 Å². The maximum Gasteiger partial charge on any atom is 0.249 e. The highest BCUT2D eigenvalue weighted by atomic mass is 16.3. The number of fused-ring (bicyclic) bond motifs is 1. The Bertz CT molecular complexity index is 1430. The van der Waals surface area contributed by atoms with E-state index in [-0.39, 0.29) is 24.1 Å². The highest BCUT2D eigenvalue weighted by molar-refractivity contribution is 6.02. The van der Waals surface area contributed by atoms with Gasteiger partial charge in [0, 0.05) is 11.2 Å². The van der Waals surface area contributed by atoms with Crippen LogP contribution in [-0.2, 0) is 16.1 Å². The number of aryl methyl sites for hydroxylation is 1. The summed E-state index contributed by atoms with van der Waals surface area (Å²) < 4.78 is 1.55. The number of phenols is 1. The van der Waals surface area contributed by atoms with E-state index in [0.29, 0.717) is 23.2 Å². The van der Waals surface area contributed by atoms with E-state index in [9.17, 15) is 14.7 Å². The van der Waals surface area contributed by atoms with Crippen molar-refractivity contribution in [2.45, 2.75) is 59.2 Å². The number of aromatic hydroxyl groups is 1. The molecule has 1 atom stereocenters. The van der Waals surface area contributed by atoms with Crippen molar-refractivity contribution in [2.24, 2.45) is 0 Å². The lowest BCUT2D eigenvalue weighted by molar-refractivity contribution is -0.128. The Balaban J connectivity index is 1.86. The largest absolute Gasteiger partial charge is 0.508 e. The zero-order valence-electron chi connectivity index (χ0n) is 21.9. The van der Waals surface area contributed by atoms with Crippen molar-refractivity contribution in [3.05, 3.63) is 83.4 Å². The van der Waals surface area contributed by atoms with Crippen molar-refractivity contribution in [3.63, 3.8) is 0 Å². The van der Waals surface area contributed by atoms with Gasteiger partial charge in [-0.05, 0) is 81.1 Å². The molecule has 0 radical (unpaired) electrons. The first-order valence-electron chi connectivity index (χ1n) is 12.4. The van der Waals surface area contributed by atoms with Crippen LogP contribution in [0.1, 0.15) is 49.9 Å². The van der Waals surface area contributed by atoms with Gasteiger partial charge in [0.15, 0.2) is 0 Å². The molecule has 0 saturated carbocycles. The SMILES string of the molecule is CCC(C)(C)NC(=O)[C@@H](c1ccc(O)cc1)N(C(=O)Cn1nnc2ccccc21)c1cccc(C)c1C.